The molecule has 1 fully saturated rings. The number of carbonyl (C=O) groups is 3. The SMILES string of the molecule is COC(=O)c1scc(C)c1NC(=O)C[N+]1(CC(=O)Nc2ccon2)CCC(C)(C)CC1. The fourth-order valence-electron chi connectivity index (χ4n) is 3.78. The van der Waals surface area contributed by atoms with E-state index >= 15 is 0 Å². The van der Waals surface area contributed by atoms with Crippen LogP contribution >= 0.6 is 11.3 Å². The van der Waals surface area contributed by atoms with Crippen LogP contribution in [0.4, 0.5) is 11.5 Å². The van der Waals surface area contributed by atoms with Crippen LogP contribution in [0.1, 0.15) is 41.9 Å². The van der Waals surface area contributed by atoms with Crippen molar-refractivity contribution in [3.05, 3.63) is 28.2 Å². The zero-order valence-electron chi connectivity index (χ0n) is 18.3. The van der Waals surface area contributed by atoms with Gasteiger partial charge in [-0.3, -0.25) is 9.59 Å². The van der Waals surface area contributed by atoms with Gasteiger partial charge in [0.1, 0.15) is 11.1 Å². The fourth-order valence-corrected chi connectivity index (χ4v) is 4.70. The van der Waals surface area contributed by atoms with Crippen LogP contribution in [0.5, 0.6) is 0 Å². The zero-order valence-corrected chi connectivity index (χ0v) is 19.1. The van der Waals surface area contributed by atoms with Gasteiger partial charge in [0.15, 0.2) is 18.9 Å². The van der Waals surface area contributed by atoms with Crippen molar-refractivity contribution < 1.29 is 28.1 Å². The van der Waals surface area contributed by atoms with Gasteiger partial charge in [-0.15, -0.1) is 11.3 Å². The van der Waals surface area contributed by atoms with Gasteiger partial charge in [-0.05, 0) is 23.3 Å². The summed E-state index contributed by atoms with van der Waals surface area (Å²) in [5.41, 5.74) is 1.45. The number of piperidine rings is 1. The van der Waals surface area contributed by atoms with Crippen LogP contribution in [0.15, 0.2) is 22.2 Å². The fraction of sp³-hybridized carbons (Fsp3) is 0.524. The number of methoxy groups -OCH3 is 1. The number of quaternary nitrogens is 1. The standard InChI is InChI=1S/C21H28N4O5S/c1-14-13-31-19(20(28)29-4)18(14)23-17(27)12-25(8-6-21(2,3)7-9-25)11-16(26)22-15-5-10-30-24-15/h5,10,13H,6-9,11-12H2,1-4H3,(H-,22,23,24,26,27,28)/p+1. The molecule has 2 aromatic heterocycles. The lowest BCUT2D eigenvalue weighted by Crippen LogP contribution is -2.60. The Morgan fingerprint density at radius 3 is 2.42 bits per heavy atom. The highest BCUT2D eigenvalue weighted by atomic mass is 32.1. The number of hydrogen-bond acceptors (Lipinski definition) is 7. The van der Waals surface area contributed by atoms with Crippen LogP contribution < -0.4 is 10.6 Å². The lowest BCUT2D eigenvalue weighted by atomic mass is 9.81. The van der Waals surface area contributed by atoms with Crippen molar-refractivity contribution in [1.29, 1.82) is 0 Å². The van der Waals surface area contributed by atoms with E-state index < -0.39 is 5.97 Å². The van der Waals surface area contributed by atoms with Gasteiger partial charge in [0.2, 0.25) is 0 Å². The first-order chi connectivity index (χ1) is 14.6. The molecule has 0 bridgehead atoms. The summed E-state index contributed by atoms with van der Waals surface area (Å²) >= 11 is 1.23. The molecule has 9 nitrogen and oxygen atoms in total. The topological polar surface area (TPSA) is 111 Å². The quantitative estimate of drug-likeness (QED) is 0.497. The number of esters is 1. The minimum atomic E-state index is -0.482. The van der Waals surface area contributed by atoms with E-state index in [9.17, 15) is 14.4 Å². The van der Waals surface area contributed by atoms with E-state index in [1.54, 1.807) is 11.4 Å². The first-order valence-corrected chi connectivity index (χ1v) is 11.0. The normalized spacial score (nSPS) is 17.0. The van der Waals surface area contributed by atoms with Gasteiger partial charge in [0.25, 0.3) is 11.8 Å². The van der Waals surface area contributed by atoms with Crippen LogP contribution in [-0.2, 0) is 14.3 Å². The van der Waals surface area contributed by atoms with Gasteiger partial charge in [-0.25, -0.2) is 4.79 Å². The van der Waals surface area contributed by atoms with E-state index in [1.165, 1.54) is 24.7 Å². The third kappa shape index (κ3) is 5.71. The van der Waals surface area contributed by atoms with E-state index in [0.717, 1.165) is 18.4 Å². The Morgan fingerprint density at radius 1 is 1.19 bits per heavy atom. The van der Waals surface area contributed by atoms with Crippen LogP contribution in [0.3, 0.4) is 0 Å². The summed E-state index contributed by atoms with van der Waals surface area (Å²) in [6.45, 7) is 7.94. The van der Waals surface area contributed by atoms with Crippen molar-refractivity contribution in [2.45, 2.75) is 33.6 Å². The molecular weight excluding hydrogens is 420 g/mol. The van der Waals surface area contributed by atoms with E-state index in [1.807, 2.05) is 6.92 Å². The molecule has 3 rings (SSSR count). The summed E-state index contributed by atoms with van der Waals surface area (Å²) < 4.78 is 9.92. The van der Waals surface area contributed by atoms with Crippen molar-refractivity contribution in [3.63, 3.8) is 0 Å². The number of aromatic nitrogens is 1. The highest BCUT2D eigenvalue weighted by molar-refractivity contribution is 7.12. The highest BCUT2D eigenvalue weighted by Gasteiger charge is 2.40. The number of hydrogen-bond donors (Lipinski definition) is 2. The molecule has 0 aromatic carbocycles. The maximum atomic E-state index is 13.0. The van der Waals surface area contributed by atoms with Crippen molar-refractivity contribution in [2.24, 2.45) is 5.41 Å². The van der Waals surface area contributed by atoms with Crippen molar-refractivity contribution in [2.75, 3.05) is 43.9 Å². The molecule has 1 saturated heterocycles. The number of likely N-dealkylation sites (tertiary alicyclic amines) is 1. The Morgan fingerprint density at radius 2 is 1.84 bits per heavy atom. The Labute approximate surface area is 185 Å². The Bertz CT molecular complexity index is 941. The Kier molecular flexibility index (Phi) is 6.80. The first-order valence-electron chi connectivity index (χ1n) is 10.1. The largest absolute Gasteiger partial charge is 0.465 e. The molecule has 1 aliphatic heterocycles. The molecule has 2 amide bonds. The van der Waals surface area contributed by atoms with Gasteiger partial charge < -0.3 is 24.4 Å². The predicted molar refractivity (Wildman–Crippen MR) is 117 cm³/mol. The van der Waals surface area contributed by atoms with Crippen molar-refractivity contribution in [3.8, 4) is 0 Å². The van der Waals surface area contributed by atoms with Crippen LogP contribution in [-0.4, -0.2) is 60.7 Å². The molecule has 168 valence electrons. The molecule has 0 radical (unpaired) electrons. The summed E-state index contributed by atoms with van der Waals surface area (Å²) in [6, 6.07) is 1.57. The molecule has 0 saturated carbocycles. The Hall–Kier alpha value is -2.72. The molecule has 2 N–H and O–H groups in total. The first kappa shape index (κ1) is 23.0. The summed E-state index contributed by atoms with van der Waals surface area (Å²) in [4.78, 5) is 38.1. The number of thiophene rings is 1. The molecule has 31 heavy (non-hydrogen) atoms. The van der Waals surface area contributed by atoms with Gasteiger partial charge >= 0.3 is 5.97 Å². The maximum absolute atomic E-state index is 13.0. The average molecular weight is 450 g/mol. The molecule has 0 unspecified atom stereocenters. The van der Waals surface area contributed by atoms with Crippen molar-refractivity contribution in [1.82, 2.24) is 5.16 Å². The summed E-state index contributed by atoms with van der Waals surface area (Å²) in [5, 5.41) is 11.1. The monoisotopic (exact) mass is 449 g/mol. The van der Waals surface area contributed by atoms with E-state index in [2.05, 4.69) is 29.6 Å². The van der Waals surface area contributed by atoms with Crippen LogP contribution in [0.2, 0.25) is 0 Å². The molecule has 3 heterocycles. The number of amides is 2. The minimum Gasteiger partial charge on any atom is -0.465 e. The van der Waals surface area contributed by atoms with Gasteiger partial charge in [0.05, 0.1) is 25.9 Å². The number of aryl methyl sites for hydroxylation is 1. The number of carbonyl (C=O) groups excluding carboxylic acids is 3. The Balaban J connectivity index is 1.74. The smallest absolute Gasteiger partial charge is 0.350 e. The molecule has 0 spiro atoms. The molecule has 1 aliphatic rings. The average Bonchev–Trinajstić information content (AvgIpc) is 3.34. The van der Waals surface area contributed by atoms with Gasteiger partial charge in [-0.2, -0.15) is 0 Å². The highest BCUT2D eigenvalue weighted by Crippen LogP contribution is 2.34. The van der Waals surface area contributed by atoms with E-state index in [-0.39, 0.29) is 30.3 Å². The minimum absolute atomic E-state index is 0.137. The number of anilines is 2. The molecule has 0 atom stereocenters. The number of nitrogens with one attached hydrogen (secondary N) is 2. The second-order valence-electron chi connectivity index (χ2n) is 8.86. The third-order valence-electron chi connectivity index (χ3n) is 5.80. The van der Waals surface area contributed by atoms with Crippen LogP contribution in [0, 0.1) is 12.3 Å². The molecule has 2 aromatic rings. The molecule has 10 heteroatoms. The van der Waals surface area contributed by atoms with Gasteiger partial charge in [-0.1, -0.05) is 19.0 Å². The maximum Gasteiger partial charge on any atom is 0.350 e. The van der Waals surface area contributed by atoms with Crippen molar-refractivity contribution >= 4 is 40.6 Å². The number of rotatable bonds is 7. The predicted octanol–water partition coefficient (Wildman–Crippen LogP) is 3.05. The molecule has 0 aliphatic carbocycles. The molecular formula is C21H29N4O5S+. The van der Waals surface area contributed by atoms with E-state index in [4.69, 9.17) is 9.26 Å². The third-order valence-corrected chi connectivity index (χ3v) is 6.88. The lowest BCUT2D eigenvalue weighted by Gasteiger charge is -2.45. The zero-order chi connectivity index (χ0) is 22.6. The summed E-state index contributed by atoms with van der Waals surface area (Å²) in [5.74, 6) is -0.588. The summed E-state index contributed by atoms with van der Waals surface area (Å²) in [7, 11) is 1.31. The van der Waals surface area contributed by atoms with Gasteiger partial charge in [0, 0.05) is 18.9 Å². The van der Waals surface area contributed by atoms with Crippen LogP contribution in [0.25, 0.3) is 0 Å². The van der Waals surface area contributed by atoms with E-state index in [0.29, 0.717) is 34.0 Å². The second kappa shape index (κ2) is 9.19. The number of nitrogens with zero attached hydrogens (tertiary/aromatic N) is 2. The second-order valence-corrected chi connectivity index (χ2v) is 9.74. The summed E-state index contributed by atoms with van der Waals surface area (Å²) in [6.07, 6.45) is 3.20. The lowest BCUT2D eigenvalue weighted by molar-refractivity contribution is -0.919. The number of ether oxygens (including phenoxy) is 1.